The predicted molar refractivity (Wildman–Crippen MR) is 139 cm³/mol. The maximum atomic E-state index is 9.78. The Bertz CT molecular complexity index is 1480. The average molecular weight is 524 g/mol. The van der Waals surface area contributed by atoms with Crippen LogP contribution in [0.4, 0.5) is 5.82 Å². The quantitative estimate of drug-likeness (QED) is 0.365. The van der Waals surface area contributed by atoms with Gasteiger partial charge in [0, 0.05) is 59.8 Å². The van der Waals surface area contributed by atoms with Gasteiger partial charge in [0.2, 0.25) is 0 Å². The van der Waals surface area contributed by atoms with Crippen LogP contribution >= 0.6 is 23.2 Å². The minimum atomic E-state index is -0.481. The number of methoxy groups -OCH3 is 1. The molecule has 3 aromatic heterocycles. The Balaban J connectivity index is 1.52. The van der Waals surface area contributed by atoms with Crippen LogP contribution < -0.4 is 20.1 Å². The predicted octanol–water partition coefficient (Wildman–Crippen LogP) is 4.88. The summed E-state index contributed by atoms with van der Waals surface area (Å²) in [6.07, 6.45) is 4.27. The van der Waals surface area contributed by atoms with Gasteiger partial charge in [-0.05, 0) is 26.0 Å². The number of benzene rings is 1. The van der Waals surface area contributed by atoms with Crippen molar-refractivity contribution in [2.75, 3.05) is 25.1 Å². The summed E-state index contributed by atoms with van der Waals surface area (Å²) >= 11 is 12.6. The number of nitrogens with zero attached hydrogens (tertiary/aromatic N) is 5. The van der Waals surface area contributed by atoms with Crippen molar-refractivity contribution in [3.8, 4) is 28.8 Å². The number of H-pyrrole nitrogens is 1. The van der Waals surface area contributed by atoms with Crippen molar-refractivity contribution in [3.63, 3.8) is 0 Å². The molecule has 0 spiro atoms. The number of nitrogens with two attached hydrogens (primary N) is 1. The van der Waals surface area contributed by atoms with E-state index < -0.39 is 6.10 Å². The molecule has 0 aliphatic carbocycles. The highest BCUT2D eigenvalue weighted by atomic mass is 35.5. The van der Waals surface area contributed by atoms with Gasteiger partial charge < -0.3 is 20.1 Å². The average Bonchev–Trinajstić information content (AvgIpc) is 3.24. The Morgan fingerprint density at radius 2 is 1.89 bits per heavy atom. The summed E-state index contributed by atoms with van der Waals surface area (Å²) < 4.78 is 11.8. The summed E-state index contributed by atoms with van der Waals surface area (Å²) in [5, 5.41) is 18.9. The first-order chi connectivity index (χ1) is 17.2. The van der Waals surface area contributed by atoms with Crippen LogP contribution in [0.15, 0.2) is 36.8 Å². The van der Waals surface area contributed by atoms with Crippen LogP contribution in [0.3, 0.4) is 0 Å². The van der Waals surface area contributed by atoms with E-state index in [4.69, 9.17) is 38.4 Å². The molecular formula is C25H23Cl2N7O2. The van der Waals surface area contributed by atoms with E-state index in [1.807, 2.05) is 24.8 Å². The molecule has 0 bridgehead atoms. The highest BCUT2D eigenvalue weighted by molar-refractivity contribution is 6.35. The van der Waals surface area contributed by atoms with Crippen molar-refractivity contribution in [2.45, 2.75) is 25.5 Å². The van der Waals surface area contributed by atoms with Crippen LogP contribution in [0.2, 0.25) is 10.0 Å². The molecule has 0 unspecified atom stereocenters. The number of anilines is 1. The summed E-state index contributed by atoms with van der Waals surface area (Å²) in [7, 11) is 1.56. The van der Waals surface area contributed by atoms with E-state index in [-0.39, 0.29) is 5.54 Å². The minimum absolute atomic E-state index is 0.275. The smallest absolute Gasteiger partial charge is 0.162 e. The minimum Gasteiger partial charge on any atom is -0.493 e. The first-order valence-electron chi connectivity index (χ1n) is 11.2. The third-order valence-electron chi connectivity index (χ3n) is 6.11. The third kappa shape index (κ3) is 4.28. The fraction of sp³-hybridized carbons (Fsp3) is 0.280. The summed E-state index contributed by atoms with van der Waals surface area (Å²) in [6, 6.07) is 7.67. The molecule has 9 nitrogen and oxygen atoms in total. The van der Waals surface area contributed by atoms with Crippen LogP contribution in [0.25, 0.3) is 22.2 Å². The van der Waals surface area contributed by atoms with E-state index in [9.17, 15) is 5.26 Å². The maximum Gasteiger partial charge on any atom is 0.162 e. The Morgan fingerprint density at radius 1 is 1.17 bits per heavy atom. The molecule has 0 saturated carbocycles. The molecule has 1 aromatic carbocycles. The van der Waals surface area contributed by atoms with Crippen molar-refractivity contribution in [1.82, 2.24) is 20.2 Å². The highest BCUT2D eigenvalue weighted by Gasteiger charge is 2.36. The molecule has 11 heteroatoms. The third-order valence-corrected chi connectivity index (χ3v) is 6.71. The number of ether oxygens (including phenoxy) is 2. The van der Waals surface area contributed by atoms with Crippen molar-refractivity contribution in [3.05, 3.63) is 58.0 Å². The summed E-state index contributed by atoms with van der Waals surface area (Å²) in [5.74, 6) is 1.62. The number of hydrogen-bond acceptors (Lipinski definition) is 8. The molecule has 4 aromatic rings. The zero-order valence-electron chi connectivity index (χ0n) is 19.8. The molecule has 1 atom stereocenters. The Morgan fingerprint density at radius 3 is 2.53 bits per heavy atom. The number of aromatic amines is 1. The second-order valence-electron chi connectivity index (χ2n) is 9.11. The normalized spacial score (nSPS) is 15.3. The molecule has 4 heterocycles. The van der Waals surface area contributed by atoms with Gasteiger partial charge in [0.1, 0.15) is 23.7 Å². The molecule has 1 aliphatic heterocycles. The lowest BCUT2D eigenvalue weighted by atomic mass is 9.93. The van der Waals surface area contributed by atoms with E-state index in [1.54, 1.807) is 25.4 Å². The summed E-state index contributed by atoms with van der Waals surface area (Å²) in [4.78, 5) is 10.6. The van der Waals surface area contributed by atoms with E-state index in [0.29, 0.717) is 62.8 Å². The lowest BCUT2D eigenvalue weighted by Crippen LogP contribution is -2.66. The number of fused-ring (bicyclic) bond motifs is 1. The number of nitriles is 1. The second kappa shape index (κ2) is 9.13. The van der Waals surface area contributed by atoms with Gasteiger partial charge in [-0.25, -0.2) is 4.98 Å². The van der Waals surface area contributed by atoms with E-state index >= 15 is 0 Å². The summed E-state index contributed by atoms with van der Waals surface area (Å²) in [6.45, 7) is 5.11. The Labute approximate surface area is 217 Å². The van der Waals surface area contributed by atoms with Crippen molar-refractivity contribution in [1.29, 1.82) is 5.26 Å². The largest absolute Gasteiger partial charge is 0.493 e. The van der Waals surface area contributed by atoms with Crippen LogP contribution in [0, 0.1) is 11.3 Å². The first-order valence-corrected chi connectivity index (χ1v) is 11.9. The lowest BCUT2D eigenvalue weighted by Gasteiger charge is -2.46. The molecule has 0 radical (unpaired) electrons. The fourth-order valence-electron chi connectivity index (χ4n) is 4.45. The van der Waals surface area contributed by atoms with Gasteiger partial charge in [0.25, 0.3) is 0 Å². The van der Waals surface area contributed by atoms with Gasteiger partial charge in [-0.3, -0.25) is 10.1 Å². The molecule has 1 aliphatic rings. The monoisotopic (exact) mass is 523 g/mol. The van der Waals surface area contributed by atoms with Crippen molar-refractivity contribution in [2.24, 2.45) is 5.73 Å². The zero-order chi connectivity index (χ0) is 25.6. The van der Waals surface area contributed by atoms with Gasteiger partial charge >= 0.3 is 0 Å². The van der Waals surface area contributed by atoms with Crippen LogP contribution in [-0.4, -0.2) is 45.9 Å². The van der Waals surface area contributed by atoms with Gasteiger partial charge in [-0.1, -0.05) is 23.2 Å². The number of rotatable bonds is 6. The molecule has 1 fully saturated rings. The van der Waals surface area contributed by atoms with E-state index in [1.165, 1.54) is 12.4 Å². The molecule has 184 valence electrons. The highest BCUT2D eigenvalue weighted by Crippen LogP contribution is 2.40. The molecule has 5 rings (SSSR count). The van der Waals surface area contributed by atoms with Gasteiger partial charge in [0.05, 0.1) is 28.2 Å². The fourth-order valence-corrected chi connectivity index (χ4v) is 5.12. The van der Waals surface area contributed by atoms with Crippen LogP contribution in [0.5, 0.6) is 11.5 Å². The zero-order valence-corrected chi connectivity index (χ0v) is 21.4. The van der Waals surface area contributed by atoms with Gasteiger partial charge in [-0.15, -0.1) is 0 Å². The number of aromatic nitrogens is 4. The van der Waals surface area contributed by atoms with Crippen LogP contribution in [-0.2, 0) is 0 Å². The maximum absolute atomic E-state index is 9.78. The Hall–Kier alpha value is -3.58. The summed E-state index contributed by atoms with van der Waals surface area (Å²) in [5.41, 5.74) is 9.01. The standard InChI is InChI=1S/C25H23Cl2N7O2/c1-13(22-17(26)9-30-10-18(22)27)36-21-5-16-19(6-20(21)35-3)32-33-23(16)15-4-14(7-28)24(31-8-15)34-11-25(2,29)12-34/h4-6,8-10,13H,11-12,29H2,1-3H3,(H,32,33)/t13-/m1/s1. The van der Waals surface area contributed by atoms with Crippen molar-refractivity contribution >= 4 is 39.9 Å². The Kier molecular flexibility index (Phi) is 6.12. The molecule has 0 amide bonds. The molecule has 3 N–H and O–H groups in total. The van der Waals surface area contributed by atoms with Gasteiger partial charge in [-0.2, -0.15) is 10.4 Å². The number of hydrogen-bond donors (Lipinski definition) is 2. The van der Waals surface area contributed by atoms with Crippen molar-refractivity contribution < 1.29 is 9.47 Å². The molecule has 1 saturated heterocycles. The number of nitrogens with one attached hydrogen (secondary N) is 1. The molecular weight excluding hydrogens is 501 g/mol. The number of pyridine rings is 2. The molecule has 36 heavy (non-hydrogen) atoms. The topological polar surface area (TPSA) is 126 Å². The lowest BCUT2D eigenvalue weighted by molar-refractivity contribution is 0.216. The van der Waals surface area contributed by atoms with E-state index in [2.05, 4.69) is 26.2 Å². The van der Waals surface area contributed by atoms with E-state index in [0.717, 1.165) is 10.9 Å². The first kappa shape index (κ1) is 24.1. The van der Waals surface area contributed by atoms with Gasteiger partial charge in [0.15, 0.2) is 11.5 Å². The number of halogens is 2. The SMILES string of the molecule is COc1cc2[nH]nc(-c3cnc(N4CC(C)(N)C4)c(C#N)c3)c2cc1O[C@H](C)c1c(Cl)cncc1Cl. The second-order valence-corrected chi connectivity index (χ2v) is 9.93. The van der Waals surface area contributed by atoms with Crippen LogP contribution in [0.1, 0.15) is 31.1 Å².